The predicted octanol–water partition coefficient (Wildman–Crippen LogP) is 2.76. The number of anilines is 2. The summed E-state index contributed by atoms with van der Waals surface area (Å²) in [5.74, 6) is 0. The highest BCUT2D eigenvalue weighted by Gasteiger charge is 2.12. The average molecular weight is 204 g/mol. The molecule has 0 saturated carbocycles. The summed E-state index contributed by atoms with van der Waals surface area (Å²) in [7, 11) is 0. The van der Waals surface area contributed by atoms with Crippen molar-refractivity contribution in [3.63, 3.8) is 0 Å². The minimum absolute atomic E-state index is 0.433. The first-order chi connectivity index (χ1) is 7.42. The summed E-state index contributed by atoms with van der Waals surface area (Å²) < 4.78 is 5.19. The molecule has 0 N–H and O–H groups in total. The zero-order valence-corrected chi connectivity index (χ0v) is 8.46. The van der Waals surface area contributed by atoms with Crippen LogP contribution in [0.1, 0.15) is 6.92 Å². The second kappa shape index (κ2) is 4.61. The van der Waals surface area contributed by atoms with Crippen molar-refractivity contribution in [1.82, 2.24) is 4.98 Å². The van der Waals surface area contributed by atoms with Crippen molar-refractivity contribution in [2.24, 2.45) is 0 Å². The molecule has 0 spiro atoms. The lowest BCUT2D eigenvalue weighted by Gasteiger charge is -2.18. The maximum absolute atomic E-state index is 5.45. The van der Waals surface area contributed by atoms with Gasteiger partial charge in [0, 0.05) is 0 Å². The molecule has 0 bridgehead atoms. The number of rotatable bonds is 4. The van der Waals surface area contributed by atoms with Crippen LogP contribution >= 0.6 is 0 Å². The van der Waals surface area contributed by atoms with Gasteiger partial charge >= 0.3 is 6.01 Å². The van der Waals surface area contributed by atoms with Crippen molar-refractivity contribution in [2.45, 2.75) is 6.92 Å². The molecule has 4 nitrogen and oxygen atoms in total. The van der Waals surface area contributed by atoms with Gasteiger partial charge in [-0.05, 0) is 19.1 Å². The summed E-state index contributed by atoms with van der Waals surface area (Å²) in [6.45, 7) is 2.47. The Balaban J connectivity index is 2.28. The lowest BCUT2D eigenvalue weighted by atomic mass is 10.3. The highest BCUT2D eigenvalue weighted by Crippen LogP contribution is 2.23. The minimum Gasteiger partial charge on any atom is -0.430 e. The van der Waals surface area contributed by atoms with Crippen molar-refractivity contribution < 1.29 is 9.25 Å². The van der Waals surface area contributed by atoms with Crippen LogP contribution in [0.2, 0.25) is 0 Å². The highest BCUT2D eigenvalue weighted by molar-refractivity contribution is 5.52. The summed E-state index contributed by atoms with van der Waals surface area (Å²) in [5, 5.41) is 1.57. The van der Waals surface area contributed by atoms with Crippen LogP contribution in [-0.4, -0.2) is 11.6 Å². The van der Waals surface area contributed by atoms with Gasteiger partial charge in [-0.3, -0.25) is 4.84 Å². The standard InChI is InChI=1S/C11H12N2O2/c1-2-15-13(11-12-8-9-14-11)10-6-4-3-5-7-10/h3-9H,2H2,1H3. The van der Waals surface area contributed by atoms with E-state index in [2.05, 4.69) is 4.98 Å². The molecule has 0 fully saturated rings. The van der Waals surface area contributed by atoms with Gasteiger partial charge in [0.2, 0.25) is 0 Å². The molecular weight excluding hydrogens is 192 g/mol. The smallest absolute Gasteiger partial charge is 0.326 e. The van der Waals surface area contributed by atoms with Crippen LogP contribution in [-0.2, 0) is 4.84 Å². The summed E-state index contributed by atoms with van der Waals surface area (Å²) >= 11 is 0. The minimum atomic E-state index is 0.433. The second-order valence-corrected chi connectivity index (χ2v) is 2.86. The molecule has 1 aromatic heterocycles. The number of para-hydroxylation sites is 1. The molecule has 15 heavy (non-hydrogen) atoms. The Bertz CT molecular complexity index is 386. The Morgan fingerprint density at radius 1 is 1.33 bits per heavy atom. The van der Waals surface area contributed by atoms with Crippen molar-refractivity contribution in [2.75, 3.05) is 11.7 Å². The van der Waals surface area contributed by atoms with Gasteiger partial charge in [-0.15, -0.1) is 0 Å². The first kappa shape index (κ1) is 9.73. The average Bonchev–Trinajstić information content (AvgIpc) is 2.80. The molecule has 0 aliphatic carbocycles. The fourth-order valence-electron chi connectivity index (χ4n) is 1.25. The van der Waals surface area contributed by atoms with Crippen LogP contribution in [0.4, 0.5) is 11.7 Å². The summed E-state index contributed by atoms with van der Waals surface area (Å²) in [5.41, 5.74) is 0.891. The summed E-state index contributed by atoms with van der Waals surface area (Å²) in [4.78, 5) is 9.50. The van der Waals surface area contributed by atoms with Crippen molar-refractivity contribution in [3.05, 3.63) is 42.8 Å². The predicted molar refractivity (Wildman–Crippen MR) is 56.7 cm³/mol. The van der Waals surface area contributed by atoms with Crippen molar-refractivity contribution in [3.8, 4) is 0 Å². The van der Waals surface area contributed by atoms with Crippen LogP contribution < -0.4 is 5.06 Å². The molecule has 2 aromatic rings. The number of benzene rings is 1. The molecule has 2 rings (SSSR count). The third-order valence-corrected chi connectivity index (χ3v) is 1.84. The molecule has 0 aliphatic heterocycles. The first-order valence-corrected chi connectivity index (χ1v) is 4.79. The van der Waals surface area contributed by atoms with Gasteiger partial charge in [0.15, 0.2) is 0 Å². The molecule has 0 unspecified atom stereocenters. The van der Waals surface area contributed by atoms with Crippen LogP contribution in [0.25, 0.3) is 0 Å². The van der Waals surface area contributed by atoms with Gasteiger partial charge in [-0.25, -0.2) is 0 Å². The van der Waals surface area contributed by atoms with E-state index in [0.717, 1.165) is 5.69 Å². The molecule has 0 aliphatic rings. The molecule has 78 valence electrons. The van der Waals surface area contributed by atoms with Gasteiger partial charge in [0.05, 0.1) is 18.5 Å². The molecule has 4 heteroatoms. The highest BCUT2D eigenvalue weighted by atomic mass is 16.7. The first-order valence-electron chi connectivity index (χ1n) is 4.79. The number of hydrogen-bond donors (Lipinski definition) is 0. The zero-order valence-electron chi connectivity index (χ0n) is 8.46. The van der Waals surface area contributed by atoms with Crippen molar-refractivity contribution in [1.29, 1.82) is 0 Å². The summed E-state index contributed by atoms with van der Waals surface area (Å²) in [6.07, 6.45) is 3.11. The van der Waals surface area contributed by atoms with E-state index in [-0.39, 0.29) is 0 Å². The molecule has 0 radical (unpaired) electrons. The van der Waals surface area contributed by atoms with Crippen LogP contribution in [0.3, 0.4) is 0 Å². The van der Waals surface area contributed by atoms with Gasteiger partial charge in [-0.1, -0.05) is 18.2 Å². The Kier molecular flexibility index (Phi) is 2.99. The summed E-state index contributed by atoms with van der Waals surface area (Å²) in [6, 6.07) is 10.1. The Hall–Kier alpha value is -1.81. The van der Waals surface area contributed by atoms with Crippen molar-refractivity contribution >= 4 is 11.7 Å². The van der Waals surface area contributed by atoms with Crippen LogP contribution in [0.5, 0.6) is 0 Å². The van der Waals surface area contributed by atoms with E-state index < -0.39 is 0 Å². The molecule has 1 aromatic carbocycles. The van der Waals surface area contributed by atoms with Gasteiger partial charge < -0.3 is 4.42 Å². The number of aromatic nitrogens is 1. The third kappa shape index (κ3) is 2.16. The third-order valence-electron chi connectivity index (χ3n) is 1.84. The number of hydrogen-bond acceptors (Lipinski definition) is 4. The van der Waals surface area contributed by atoms with E-state index in [9.17, 15) is 0 Å². The molecule has 0 amide bonds. The lowest BCUT2D eigenvalue weighted by molar-refractivity contribution is 0.136. The van der Waals surface area contributed by atoms with E-state index in [1.54, 1.807) is 11.3 Å². The molecule has 0 saturated heterocycles. The van der Waals surface area contributed by atoms with Gasteiger partial charge in [-0.2, -0.15) is 10.0 Å². The molecule has 0 atom stereocenters. The quantitative estimate of drug-likeness (QED) is 0.718. The largest absolute Gasteiger partial charge is 0.430 e. The van der Waals surface area contributed by atoms with Crippen LogP contribution in [0.15, 0.2) is 47.2 Å². The van der Waals surface area contributed by atoms with E-state index in [4.69, 9.17) is 9.25 Å². The van der Waals surface area contributed by atoms with Gasteiger partial charge in [0.25, 0.3) is 0 Å². The Morgan fingerprint density at radius 3 is 2.73 bits per heavy atom. The molecular formula is C11H12N2O2. The maximum Gasteiger partial charge on any atom is 0.326 e. The lowest BCUT2D eigenvalue weighted by Crippen LogP contribution is -2.17. The number of oxazole rings is 1. The normalized spacial score (nSPS) is 10.2. The van der Waals surface area contributed by atoms with E-state index in [1.807, 2.05) is 37.3 Å². The van der Waals surface area contributed by atoms with E-state index in [1.165, 1.54) is 6.26 Å². The maximum atomic E-state index is 5.45. The molecule has 1 heterocycles. The SMILES string of the molecule is CCON(c1ccccc1)c1ncco1. The van der Waals surface area contributed by atoms with Crippen LogP contribution in [0, 0.1) is 0 Å². The van der Waals surface area contributed by atoms with Gasteiger partial charge in [0.1, 0.15) is 6.26 Å². The number of nitrogens with zero attached hydrogens (tertiary/aromatic N) is 2. The second-order valence-electron chi connectivity index (χ2n) is 2.86. The van der Waals surface area contributed by atoms with E-state index >= 15 is 0 Å². The fraction of sp³-hybridized carbons (Fsp3) is 0.182. The van der Waals surface area contributed by atoms with E-state index in [0.29, 0.717) is 12.6 Å². The topological polar surface area (TPSA) is 38.5 Å². The zero-order chi connectivity index (χ0) is 10.5. The Morgan fingerprint density at radius 2 is 2.13 bits per heavy atom. The monoisotopic (exact) mass is 204 g/mol. The Labute approximate surface area is 88.1 Å². The fourth-order valence-corrected chi connectivity index (χ4v) is 1.25.